The minimum Gasteiger partial charge on any atom is -0.484 e. The standard InChI is InChI=1S/C19H21N3O3/c1-2-22-9-10-23-17(12-22)19-21-20-18(25-19)13-24-16-8-7-14-5-3-4-6-15(14)11-16/h3-8,11,17H,2,9-10,12-13H2,1H3/t17-/m0/s1. The van der Waals surface area contributed by atoms with Gasteiger partial charge in [-0.25, -0.2) is 0 Å². The molecule has 0 aliphatic carbocycles. The van der Waals surface area contributed by atoms with Crippen molar-refractivity contribution in [2.24, 2.45) is 0 Å². The van der Waals surface area contributed by atoms with Gasteiger partial charge in [-0.1, -0.05) is 37.3 Å². The molecule has 2 heterocycles. The van der Waals surface area contributed by atoms with Crippen LogP contribution < -0.4 is 4.74 Å². The van der Waals surface area contributed by atoms with Gasteiger partial charge in [0.25, 0.3) is 5.89 Å². The second-order valence-corrected chi connectivity index (χ2v) is 6.08. The molecule has 0 spiro atoms. The summed E-state index contributed by atoms with van der Waals surface area (Å²) in [6.07, 6.45) is -0.157. The number of rotatable bonds is 5. The third kappa shape index (κ3) is 3.65. The lowest BCUT2D eigenvalue weighted by Crippen LogP contribution is -2.38. The SMILES string of the molecule is CCN1CCO[C@H](c2nnc(COc3ccc4ccccc4c3)o2)C1. The lowest BCUT2D eigenvalue weighted by molar-refractivity contribution is -0.0417. The van der Waals surface area contributed by atoms with E-state index >= 15 is 0 Å². The predicted octanol–water partition coefficient (Wildman–Crippen LogP) is 3.20. The van der Waals surface area contributed by atoms with Crippen LogP contribution in [0, 0.1) is 0 Å². The number of likely N-dealkylation sites (N-methyl/N-ethyl adjacent to an activating group) is 1. The van der Waals surface area contributed by atoms with E-state index in [-0.39, 0.29) is 12.7 Å². The van der Waals surface area contributed by atoms with Crippen LogP contribution in [-0.2, 0) is 11.3 Å². The average Bonchev–Trinajstić information content (AvgIpc) is 3.15. The van der Waals surface area contributed by atoms with Crippen LogP contribution in [-0.4, -0.2) is 41.3 Å². The number of aromatic nitrogens is 2. The molecule has 6 nitrogen and oxygen atoms in total. The fourth-order valence-electron chi connectivity index (χ4n) is 3.00. The van der Waals surface area contributed by atoms with Gasteiger partial charge in [-0.2, -0.15) is 0 Å². The molecule has 3 aromatic rings. The summed E-state index contributed by atoms with van der Waals surface area (Å²) < 4.78 is 17.3. The topological polar surface area (TPSA) is 60.6 Å². The fourth-order valence-corrected chi connectivity index (χ4v) is 3.00. The van der Waals surface area contributed by atoms with E-state index < -0.39 is 0 Å². The quantitative estimate of drug-likeness (QED) is 0.711. The number of hydrogen-bond donors (Lipinski definition) is 0. The Labute approximate surface area is 146 Å². The largest absolute Gasteiger partial charge is 0.484 e. The summed E-state index contributed by atoms with van der Waals surface area (Å²) in [6.45, 7) is 5.78. The molecule has 130 valence electrons. The van der Waals surface area contributed by atoms with Crippen LogP contribution in [0.15, 0.2) is 46.9 Å². The van der Waals surface area contributed by atoms with Crippen molar-refractivity contribution in [1.29, 1.82) is 0 Å². The number of fused-ring (bicyclic) bond motifs is 1. The van der Waals surface area contributed by atoms with Gasteiger partial charge in [0.1, 0.15) is 11.9 Å². The van der Waals surface area contributed by atoms with Crippen LogP contribution in [0.4, 0.5) is 0 Å². The van der Waals surface area contributed by atoms with E-state index in [1.807, 2.05) is 30.3 Å². The van der Waals surface area contributed by atoms with Gasteiger partial charge in [-0.15, -0.1) is 10.2 Å². The van der Waals surface area contributed by atoms with Crippen LogP contribution in [0.1, 0.15) is 24.8 Å². The minimum atomic E-state index is -0.157. The molecule has 0 unspecified atom stereocenters. The van der Waals surface area contributed by atoms with E-state index in [0.717, 1.165) is 30.8 Å². The molecular formula is C19H21N3O3. The molecule has 4 rings (SSSR count). The van der Waals surface area contributed by atoms with Crippen molar-refractivity contribution < 1.29 is 13.9 Å². The molecule has 1 saturated heterocycles. The summed E-state index contributed by atoms with van der Waals surface area (Å²) in [7, 11) is 0. The van der Waals surface area contributed by atoms with Crippen LogP contribution in [0.2, 0.25) is 0 Å². The molecular weight excluding hydrogens is 318 g/mol. The summed E-state index contributed by atoms with van der Waals surface area (Å²) in [5.74, 6) is 1.76. The monoisotopic (exact) mass is 339 g/mol. The Morgan fingerprint density at radius 2 is 2.04 bits per heavy atom. The van der Waals surface area contributed by atoms with Gasteiger partial charge in [0.05, 0.1) is 6.61 Å². The smallest absolute Gasteiger partial charge is 0.254 e. The van der Waals surface area contributed by atoms with Crippen molar-refractivity contribution >= 4 is 10.8 Å². The first-order valence-corrected chi connectivity index (χ1v) is 8.59. The molecule has 1 atom stereocenters. The lowest BCUT2D eigenvalue weighted by Gasteiger charge is -2.29. The molecule has 1 fully saturated rings. The highest BCUT2D eigenvalue weighted by Crippen LogP contribution is 2.23. The lowest BCUT2D eigenvalue weighted by atomic mass is 10.1. The van der Waals surface area contributed by atoms with Crippen molar-refractivity contribution in [2.75, 3.05) is 26.2 Å². The summed E-state index contributed by atoms with van der Waals surface area (Å²) >= 11 is 0. The zero-order valence-corrected chi connectivity index (χ0v) is 14.2. The zero-order valence-electron chi connectivity index (χ0n) is 14.2. The second kappa shape index (κ2) is 7.21. The number of hydrogen-bond acceptors (Lipinski definition) is 6. The van der Waals surface area contributed by atoms with Crippen molar-refractivity contribution in [2.45, 2.75) is 19.6 Å². The fraction of sp³-hybridized carbons (Fsp3) is 0.368. The molecule has 25 heavy (non-hydrogen) atoms. The number of nitrogens with zero attached hydrogens (tertiary/aromatic N) is 3. The van der Waals surface area contributed by atoms with Crippen LogP contribution in [0.5, 0.6) is 5.75 Å². The van der Waals surface area contributed by atoms with Crippen LogP contribution >= 0.6 is 0 Å². The summed E-state index contributed by atoms with van der Waals surface area (Å²) in [6, 6.07) is 14.2. The highest BCUT2D eigenvalue weighted by Gasteiger charge is 2.25. The Kier molecular flexibility index (Phi) is 4.63. The van der Waals surface area contributed by atoms with E-state index in [0.29, 0.717) is 18.4 Å². The third-order valence-electron chi connectivity index (χ3n) is 4.44. The number of morpholine rings is 1. The Morgan fingerprint density at radius 3 is 2.92 bits per heavy atom. The van der Waals surface area contributed by atoms with Gasteiger partial charge < -0.3 is 13.9 Å². The first-order valence-electron chi connectivity index (χ1n) is 8.59. The predicted molar refractivity (Wildman–Crippen MR) is 93.4 cm³/mol. The molecule has 1 aliphatic rings. The number of benzene rings is 2. The van der Waals surface area contributed by atoms with E-state index in [1.165, 1.54) is 5.39 Å². The highest BCUT2D eigenvalue weighted by atomic mass is 16.5. The Hall–Kier alpha value is -2.44. The van der Waals surface area contributed by atoms with Gasteiger partial charge in [0.2, 0.25) is 5.89 Å². The van der Waals surface area contributed by atoms with Crippen molar-refractivity contribution in [3.8, 4) is 5.75 Å². The molecule has 0 bridgehead atoms. The molecule has 0 saturated carbocycles. The van der Waals surface area contributed by atoms with Gasteiger partial charge in [-0.05, 0) is 29.4 Å². The van der Waals surface area contributed by atoms with Crippen LogP contribution in [0.25, 0.3) is 10.8 Å². The first kappa shape index (κ1) is 16.1. The highest BCUT2D eigenvalue weighted by molar-refractivity contribution is 5.83. The van der Waals surface area contributed by atoms with E-state index in [4.69, 9.17) is 13.9 Å². The minimum absolute atomic E-state index is 0.157. The van der Waals surface area contributed by atoms with E-state index in [2.05, 4.69) is 34.2 Å². The van der Waals surface area contributed by atoms with Crippen molar-refractivity contribution in [3.63, 3.8) is 0 Å². The van der Waals surface area contributed by atoms with Gasteiger partial charge in [0, 0.05) is 13.1 Å². The van der Waals surface area contributed by atoms with Crippen molar-refractivity contribution in [1.82, 2.24) is 15.1 Å². The molecule has 2 aromatic carbocycles. The van der Waals surface area contributed by atoms with Crippen LogP contribution in [0.3, 0.4) is 0 Å². The van der Waals surface area contributed by atoms with E-state index in [1.54, 1.807) is 0 Å². The van der Waals surface area contributed by atoms with Gasteiger partial charge >= 0.3 is 0 Å². The first-order chi connectivity index (χ1) is 12.3. The molecule has 0 radical (unpaired) electrons. The second-order valence-electron chi connectivity index (χ2n) is 6.08. The number of ether oxygens (including phenoxy) is 2. The Bertz CT molecular complexity index is 849. The Balaban J connectivity index is 1.40. The third-order valence-corrected chi connectivity index (χ3v) is 4.44. The molecule has 1 aliphatic heterocycles. The normalized spacial score (nSPS) is 18.5. The molecule has 0 N–H and O–H groups in total. The maximum atomic E-state index is 5.80. The van der Waals surface area contributed by atoms with Gasteiger partial charge in [0.15, 0.2) is 6.61 Å². The van der Waals surface area contributed by atoms with E-state index in [9.17, 15) is 0 Å². The molecule has 0 amide bonds. The summed E-state index contributed by atoms with van der Waals surface area (Å²) in [5.41, 5.74) is 0. The van der Waals surface area contributed by atoms with Crippen molar-refractivity contribution in [3.05, 3.63) is 54.2 Å². The molecule has 1 aromatic heterocycles. The summed E-state index contributed by atoms with van der Waals surface area (Å²) in [4.78, 5) is 2.31. The zero-order chi connectivity index (χ0) is 17.1. The molecule has 6 heteroatoms. The maximum absolute atomic E-state index is 5.80. The summed E-state index contributed by atoms with van der Waals surface area (Å²) in [5, 5.41) is 10.5. The van der Waals surface area contributed by atoms with Gasteiger partial charge in [-0.3, -0.25) is 4.90 Å². The maximum Gasteiger partial charge on any atom is 0.254 e. The average molecular weight is 339 g/mol. The Morgan fingerprint density at radius 1 is 1.16 bits per heavy atom.